The Morgan fingerprint density at radius 3 is 2.26 bits per heavy atom. The Labute approximate surface area is 194 Å². The normalized spacial score (nSPS) is 14.6. The molecule has 1 aliphatic rings. The Bertz CT molecular complexity index is 871. The molecule has 0 aromatic heterocycles. The van der Waals surface area contributed by atoms with Crippen molar-refractivity contribution in [3.63, 3.8) is 0 Å². The molecular weight excluding hydrogens is 431 g/mol. The lowest BCUT2D eigenvalue weighted by molar-refractivity contribution is -0.131. The minimum atomic E-state index is 0.0685. The van der Waals surface area contributed by atoms with Crippen LogP contribution in [0.15, 0.2) is 42.5 Å². The van der Waals surface area contributed by atoms with Crippen LogP contribution in [0.1, 0.15) is 48.8 Å². The van der Waals surface area contributed by atoms with Gasteiger partial charge >= 0.3 is 0 Å². The average molecular weight is 461 g/mol. The zero-order chi connectivity index (χ0) is 22.2. The lowest BCUT2D eigenvalue weighted by atomic mass is 9.88. The van der Waals surface area contributed by atoms with E-state index >= 15 is 0 Å². The number of carbonyl (C=O) groups excluding carboxylic acids is 2. The Hall–Kier alpha value is -1.88. The fourth-order valence-corrected chi connectivity index (χ4v) is 4.56. The minimum absolute atomic E-state index is 0.0685. The summed E-state index contributed by atoms with van der Waals surface area (Å²) >= 11 is 12.4. The SMILES string of the molecule is CCCNCC(=O)Cc1ccc(C2CCN(C(=O)Cc3c(Cl)cccc3Cl)CC2)cc1. The van der Waals surface area contributed by atoms with Crippen LogP contribution in [0.3, 0.4) is 0 Å². The summed E-state index contributed by atoms with van der Waals surface area (Å²) in [4.78, 5) is 26.7. The first-order valence-corrected chi connectivity index (χ1v) is 11.8. The Kier molecular flexibility index (Phi) is 8.94. The highest BCUT2D eigenvalue weighted by Gasteiger charge is 2.24. The van der Waals surface area contributed by atoms with Crippen LogP contribution in [-0.2, 0) is 22.4 Å². The molecule has 0 bridgehead atoms. The Balaban J connectivity index is 1.49. The molecular formula is C25H30Cl2N2O2. The largest absolute Gasteiger partial charge is 0.342 e. The molecule has 0 aliphatic carbocycles. The van der Waals surface area contributed by atoms with Gasteiger partial charge in [-0.25, -0.2) is 0 Å². The molecule has 31 heavy (non-hydrogen) atoms. The molecule has 0 radical (unpaired) electrons. The second kappa shape index (κ2) is 11.7. The van der Waals surface area contributed by atoms with E-state index in [1.165, 1.54) is 5.56 Å². The summed E-state index contributed by atoms with van der Waals surface area (Å²) < 4.78 is 0. The van der Waals surface area contributed by atoms with Crippen molar-refractivity contribution in [1.82, 2.24) is 10.2 Å². The summed E-state index contributed by atoms with van der Waals surface area (Å²) in [6.07, 6.45) is 3.59. The molecule has 166 valence electrons. The van der Waals surface area contributed by atoms with Gasteiger partial charge in [-0.05, 0) is 60.5 Å². The molecule has 0 saturated carbocycles. The highest BCUT2D eigenvalue weighted by Crippen LogP contribution is 2.30. The molecule has 2 aromatic carbocycles. The summed E-state index contributed by atoms with van der Waals surface area (Å²) in [6.45, 7) is 4.85. The second-order valence-corrected chi connectivity index (χ2v) is 8.98. The first kappa shape index (κ1) is 23.8. The molecule has 0 atom stereocenters. The maximum absolute atomic E-state index is 12.7. The van der Waals surface area contributed by atoms with Crippen LogP contribution in [0.25, 0.3) is 0 Å². The standard InChI is InChI=1S/C25H30Cl2N2O2/c1-2-12-28-17-21(30)15-18-6-8-19(9-7-18)20-10-13-29(14-11-20)25(31)16-22-23(26)4-3-5-24(22)27/h3-9,20,28H,2,10-17H2,1H3. The van der Waals surface area contributed by atoms with Crippen molar-refractivity contribution >= 4 is 34.9 Å². The number of nitrogens with one attached hydrogen (secondary N) is 1. The van der Waals surface area contributed by atoms with E-state index in [0.29, 0.717) is 34.5 Å². The van der Waals surface area contributed by atoms with E-state index < -0.39 is 0 Å². The van der Waals surface area contributed by atoms with E-state index in [1.54, 1.807) is 18.2 Å². The number of halogens is 2. The van der Waals surface area contributed by atoms with Crippen LogP contribution in [0.2, 0.25) is 10.0 Å². The van der Waals surface area contributed by atoms with Crippen LogP contribution in [-0.4, -0.2) is 42.8 Å². The highest BCUT2D eigenvalue weighted by molar-refractivity contribution is 6.36. The third kappa shape index (κ3) is 6.80. The van der Waals surface area contributed by atoms with Gasteiger partial charge in [-0.3, -0.25) is 9.59 Å². The van der Waals surface area contributed by atoms with Crippen LogP contribution < -0.4 is 5.32 Å². The van der Waals surface area contributed by atoms with Crippen molar-refractivity contribution in [2.75, 3.05) is 26.2 Å². The van der Waals surface area contributed by atoms with Crippen molar-refractivity contribution in [2.45, 2.75) is 44.9 Å². The molecule has 1 aliphatic heterocycles. The number of nitrogens with zero attached hydrogens (tertiary/aromatic N) is 1. The van der Waals surface area contributed by atoms with Gasteiger partial charge < -0.3 is 10.2 Å². The van der Waals surface area contributed by atoms with E-state index in [0.717, 1.165) is 44.5 Å². The van der Waals surface area contributed by atoms with Crippen molar-refractivity contribution in [3.05, 3.63) is 69.2 Å². The summed E-state index contributed by atoms with van der Waals surface area (Å²) in [7, 11) is 0. The number of likely N-dealkylation sites (tertiary alicyclic amines) is 1. The first-order valence-electron chi connectivity index (χ1n) is 11.0. The Morgan fingerprint density at radius 2 is 1.65 bits per heavy atom. The van der Waals surface area contributed by atoms with Gasteiger partial charge in [-0.2, -0.15) is 0 Å². The molecule has 4 nitrogen and oxygen atoms in total. The van der Waals surface area contributed by atoms with Gasteiger partial charge in [-0.1, -0.05) is 60.5 Å². The lowest BCUT2D eigenvalue weighted by Gasteiger charge is -2.32. The number of rotatable bonds is 9. The van der Waals surface area contributed by atoms with Crippen molar-refractivity contribution in [2.24, 2.45) is 0 Å². The Morgan fingerprint density at radius 1 is 1.00 bits per heavy atom. The molecule has 1 heterocycles. The zero-order valence-electron chi connectivity index (χ0n) is 18.0. The topological polar surface area (TPSA) is 49.4 Å². The van der Waals surface area contributed by atoms with Gasteiger partial charge in [0.15, 0.2) is 5.78 Å². The molecule has 0 spiro atoms. The number of carbonyl (C=O) groups is 2. The highest BCUT2D eigenvalue weighted by atomic mass is 35.5. The molecule has 1 fully saturated rings. The zero-order valence-corrected chi connectivity index (χ0v) is 19.5. The first-order chi connectivity index (χ1) is 15.0. The molecule has 6 heteroatoms. The van der Waals surface area contributed by atoms with Gasteiger partial charge in [0.05, 0.1) is 13.0 Å². The summed E-state index contributed by atoms with van der Waals surface area (Å²) in [5, 5.41) is 4.23. The third-order valence-corrected chi connectivity index (χ3v) is 6.55. The average Bonchev–Trinajstić information content (AvgIpc) is 2.77. The monoisotopic (exact) mass is 460 g/mol. The van der Waals surface area contributed by atoms with Crippen LogP contribution in [0, 0.1) is 0 Å². The number of amides is 1. The smallest absolute Gasteiger partial charge is 0.227 e. The second-order valence-electron chi connectivity index (χ2n) is 8.17. The van der Waals surface area contributed by atoms with Gasteiger partial charge in [-0.15, -0.1) is 0 Å². The fraction of sp³-hybridized carbons (Fsp3) is 0.440. The van der Waals surface area contributed by atoms with Gasteiger partial charge in [0, 0.05) is 29.6 Å². The van der Waals surface area contributed by atoms with E-state index in [9.17, 15) is 9.59 Å². The molecule has 1 saturated heterocycles. The minimum Gasteiger partial charge on any atom is -0.342 e. The summed E-state index contributed by atoms with van der Waals surface area (Å²) in [6, 6.07) is 13.7. The van der Waals surface area contributed by atoms with E-state index in [1.807, 2.05) is 4.90 Å². The van der Waals surface area contributed by atoms with Crippen LogP contribution in [0.4, 0.5) is 0 Å². The van der Waals surface area contributed by atoms with E-state index in [2.05, 4.69) is 36.5 Å². The number of benzene rings is 2. The maximum atomic E-state index is 12.7. The number of ketones is 1. The van der Waals surface area contributed by atoms with Gasteiger partial charge in [0.25, 0.3) is 0 Å². The number of hydrogen-bond donors (Lipinski definition) is 1. The molecule has 1 N–H and O–H groups in total. The van der Waals surface area contributed by atoms with Gasteiger partial charge in [0.2, 0.25) is 5.91 Å². The van der Waals surface area contributed by atoms with Crippen molar-refractivity contribution < 1.29 is 9.59 Å². The fourth-order valence-electron chi connectivity index (χ4n) is 4.03. The van der Waals surface area contributed by atoms with Crippen molar-refractivity contribution in [1.29, 1.82) is 0 Å². The van der Waals surface area contributed by atoms with E-state index in [4.69, 9.17) is 23.2 Å². The molecule has 1 amide bonds. The van der Waals surface area contributed by atoms with Crippen LogP contribution >= 0.6 is 23.2 Å². The van der Waals surface area contributed by atoms with E-state index in [-0.39, 0.29) is 18.1 Å². The summed E-state index contributed by atoms with van der Waals surface area (Å²) in [5.74, 6) is 0.717. The third-order valence-electron chi connectivity index (χ3n) is 5.84. The molecule has 0 unspecified atom stereocenters. The molecule has 3 rings (SSSR count). The number of piperidine rings is 1. The van der Waals surface area contributed by atoms with Crippen molar-refractivity contribution in [3.8, 4) is 0 Å². The number of Topliss-reactive ketones (excluding diaryl/α,β-unsaturated/α-hetero) is 1. The van der Waals surface area contributed by atoms with Crippen LogP contribution in [0.5, 0.6) is 0 Å². The predicted molar refractivity (Wildman–Crippen MR) is 127 cm³/mol. The van der Waals surface area contributed by atoms with Gasteiger partial charge in [0.1, 0.15) is 0 Å². The predicted octanol–water partition coefficient (Wildman–Crippen LogP) is 5.05. The quantitative estimate of drug-likeness (QED) is 0.532. The lowest BCUT2D eigenvalue weighted by Crippen LogP contribution is -2.38. The number of hydrogen-bond acceptors (Lipinski definition) is 3. The molecule has 2 aromatic rings. The summed E-state index contributed by atoms with van der Waals surface area (Å²) in [5.41, 5.74) is 3.03. The maximum Gasteiger partial charge on any atom is 0.227 e.